The average molecular weight is 610 g/mol. The summed E-state index contributed by atoms with van der Waals surface area (Å²) in [5.74, 6) is -0.664. The van der Waals surface area contributed by atoms with Crippen LogP contribution in [0.15, 0.2) is 76.5 Å². The van der Waals surface area contributed by atoms with Crippen molar-refractivity contribution in [1.29, 1.82) is 0 Å². The third kappa shape index (κ3) is 5.89. The molecule has 15 heteroatoms. The molecule has 0 atom stereocenters. The van der Waals surface area contributed by atoms with E-state index < -0.39 is 31.0 Å². The van der Waals surface area contributed by atoms with Crippen molar-refractivity contribution in [3.8, 4) is 0 Å². The Balaban J connectivity index is 1.56. The van der Waals surface area contributed by atoms with Crippen molar-refractivity contribution in [2.75, 3.05) is 11.9 Å². The average Bonchev–Trinajstić information content (AvgIpc) is 3.16. The van der Waals surface area contributed by atoms with Gasteiger partial charge in [0.15, 0.2) is 0 Å². The molecule has 1 aliphatic rings. The number of para-hydroxylation sites is 1. The van der Waals surface area contributed by atoms with Crippen LogP contribution in [0.1, 0.15) is 50.4 Å². The minimum Gasteiger partial charge on any atom is -0.323 e. The molecule has 0 saturated carbocycles. The number of fused-ring (bicyclic) bond motifs is 1. The first-order valence-electron chi connectivity index (χ1n) is 12.5. The van der Waals surface area contributed by atoms with Gasteiger partial charge in [-0.25, -0.2) is 4.98 Å². The maximum absolute atomic E-state index is 12.7. The molecule has 0 bridgehead atoms. The Morgan fingerprint density at radius 1 is 0.738 bits per heavy atom. The van der Waals surface area contributed by atoms with E-state index in [1.54, 1.807) is 31.2 Å². The second-order valence-electron chi connectivity index (χ2n) is 9.26. The number of rotatable bonds is 9. The Labute approximate surface area is 240 Å². The van der Waals surface area contributed by atoms with E-state index in [-0.39, 0.29) is 70.2 Å². The summed E-state index contributed by atoms with van der Waals surface area (Å²) >= 11 is 0. The van der Waals surface area contributed by atoms with Gasteiger partial charge in [-0.3, -0.25) is 23.6 Å². The van der Waals surface area contributed by atoms with E-state index in [0.29, 0.717) is 5.56 Å². The lowest BCUT2D eigenvalue weighted by Crippen LogP contribution is -2.29. The minimum atomic E-state index is -4.61. The Morgan fingerprint density at radius 3 is 2.00 bits per heavy atom. The van der Waals surface area contributed by atoms with E-state index in [1.807, 2.05) is 0 Å². The Bertz CT molecular complexity index is 1870. The summed E-state index contributed by atoms with van der Waals surface area (Å²) in [5.41, 5.74) is 1.29. The van der Waals surface area contributed by atoms with Crippen molar-refractivity contribution >= 4 is 43.7 Å². The maximum atomic E-state index is 12.7. The number of anilines is 2. The third-order valence-electron chi connectivity index (χ3n) is 6.45. The molecule has 3 N–H and O–H groups in total. The lowest BCUT2D eigenvalue weighted by Gasteiger charge is -2.12. The summed E-state index contributed by atoms with van der Waals surface area (Å²) < 4.78 is 67.0. The molecule has 2 heterocycles. The highest BCUT2D eigenvalue weighted by Gasteiger charge is 2.34. The second kappa shape index (κ2) is 11.0. The minimum absolute atomic E-state index is 0.0252. The summed E-state index contributed by atoms with van der Waals surface area (Å²) in [6.07, 6.45) is -0.0896. The molecule has 0 fully saturated rings. The van der Waals surface area contributed by atoms with Crippen LogP contribution < -0.4 is 5.32 Å². The molecule has 0 spiro atoms. The number of benzene rings is 3. The van der Waals surface area contributed by atoms with Gasteiger partial charge in [-0.05, 0) is 48.4 Å². The summed E-state index contributed by atoms with van der Waals surface area (Å²) in [5, 5.41) is 2.77. The topological polar surface area (TPSA) is 197 Å². The van der Waals surface area contributed by atoms with Gasteiger partial charge in [-0.1, -0.05) is 36.4 Å². The summed E-state index contributed by atoms with van der Waals surface area (Å²) in [7, 11) is -9.17. The number of amides is 2. The van der Waals surface area contributed by atoms with Gasteiger partial charge >= 0.3 is 0 Å². The van der Waals surface area contributed by atoms with Crippen molar-refractivity contribution in [2.45, 2.75) is 29.6 Å². The molecule has 0 unspecified atom stereocenters. The number of aromatic nitrogens is 3. The first-order chi connectivity index (χ1) is 19.8. The molecule has 13 nitrogen and oxygen atoms in total. The van der Waals surface area contributed by atoms with E-state index in [9.17, 15) is 35.5 Å². The lowest BCUT2D eigenvalue weighted by molar-refractivity contribution is 0.0662. The van der Waals surface area contributed by atoms with Gasteiger partial charge in [0.2, 0.25) is 5.95 Å². The van der Waals surface area contributed by atoms with Gasteiger partial charge in [-0.15, -0.1) is 0 Å². The highest BCUT2D eigenvalue weighted by molar-refractivity contribution is 7.86. The van der Waals surface area contributed by atoms with Gasteiger partial charge in [0.25, 0.3) is 32.1 Å². The molecule has 5 rings (SSSR count). The van der Waals surface area contributed by atoms with E-state index in [2.05, 4.69) is 20.3 Å². The van der Waals surface area contributed by atoms with Crippen molar-refractivity contribution in [3.05, 3.63) is 101 Å². The predicted molar refractivity (Wildman–Crippen MR) is 149 cm³/mol. The van der Waals surface area contributed by atoms with Crippen LogP contribution in [-0.4, -0.2) is 64.2 Å². The van der Waals surface area contributed by atoms with Crippen LogP contribution in [0.5, 0.6) is 0 Å². The fourth-order valence-corrected chi connectivity index (χ4v) is 5.96. The van der Waals surface area contributed by atoms with Crippen LogP contribution in [0.4, 0.5) is 11.6 Å². The summed E-state index contributed by atoms with van der Waals surface area (Å²) in [4.78, 5) is 38.7. The third-order valence-corrected chi connectivity index (χ3v) is 8.32. The van der Waals surface area contributed by atoms with Crippen LogP contribution in [0.25, 0.3) is 0 Å². The number of nitrogens with one attached hydrogen (secondary N) is 1. The molecule has 0 saturated heterocycles. The molecule has 4 aromatic rings. The van der Waals surface area contributed by atoms with Crippen LogP contribution in [0.3, 0.4) is 0 Å². The van der Waals surface area contributed by atoms with Crippen molar-refractivity contribution in [1.82, 2.24) is 19.9 Å². The highest BCUT2D eigenvalue weighted by Crippen LogP contribution is 2.26. The van der Waals surface area contributed by atoms with Gasteiger partial charge < -0.3 is 5.32 Å². The zero-order chi connectivity index (χ0) is 30.2. The molecular weight excluding hydrogens is 586 g/mol. The monoisotopic (exact) mass is 609 g/mol. The standard InChI is InChI=1S/C27H23N5O8S2/c1-2-32-25(33)18-12-11-16(13-19(18)26(32)34)14-23-29-24(15-17-7-3-5-9-21(17)41(35,36)37)31-27(30-23)28-20-8-4-6-10-22(20)42(38,39)40/h3-13H,2,14-15H2,1H3,(H,35,36,37)(H,38,39,40)(H,28,29,30,31). The van der Waals surface area contributed by atoms with Crippen molar-refractivity contribution < 1.29 is 35.5 Å². The van der Waals surface area contributed by atoms with E-state index in [4.69, 9.17) is 0 Å². The Kier molecular flexibility index (Phi) is 7.59. The van der Waals surface area contributed by atoms with Gasteiger partial charge in [-0.2, -0.15) is 26.8 Å². The predicted octanol–water partition coefficient (Wildman–Crippen LogP) is 2.91. The van der Waals surface area contributed by atoms with Crippen LogP contribution in [0.2, 0.25) is 0 Å². The Morgan fingerprint density at radius 2 is 1.33 bits per heavy atom. The largest absolute Gasteiger partial charge is 0.323 e. The molecule has 0 aliphatic carbocycles. The number of carbonyl (C=O) groups is 2. The number of hydrogen-bond acceptors (Lipinski definition) is 10. The molecule has 0 radical (unpaired) electrons. The number of nitrogens with zero attached hydrogens (tertiary/aromatic N) is 4. The Hall–Kier alpha value is -4.57. The maximum Gasteiger partial charge on any atom is 0.296 e. The lowest BCUT2D eigenvalue weighted by atomic mass is 10.0. The molecular formula is C27H23N5O8S2. The second-order valence-corrected chi connectivity index (χ2v) is 12.0. The summed E-state index contributed by atoms with van der Waals surface area (Å²) in [6, 6.07) is 16.0. The first-order valence-corrected chi connectivity index (χ1v) is 15.3. The molecule has 1 aromatic heterocycles. The number of hydrogen-bond donors (Lipinski definition) is 3. The molecule has 3 aromatic carbocycles. The number of imide groups is 1. The normalized spacial score (nSPS) is 13.4. The molecule has 42 heavy (non-hydrogen) atoms. The SMILES string of the molecule is CCN1C(=O)c2ccc(Cc3nc(Cc4ccccc4S(=O)(=O)O)nc(Nc4ccccc4S(=O)(=O)O)n3)cc2C1=O. The van der Waals surface area contributed by atoms with E-state index in [0.717, 1.165) is 4.90 Å². The number of carbonyl (C=O) groups excluding carboxylic acids is 2. The summed E-state index contributed by atoms with van der Waals surface area (Å²) in [6.45, 7) is 1.92. The van der Waals surface area contributed by atoms with E-state index >= 15 is 0 Å². The van der Waals surface area contributed by atoms with Crippen molar-refractivity contribution in [2.24, 2.45) is 0 Å². The zero-order valence-corrected chi connectivity index (χ0v) is 23.6. The fourth-order valence-electron chi connectivity index (χ4n) is 4.59. The van der Waals surface area contributed by atoms with Gasteiger partial charge in [0.1, 0.15) is 16.5 Å². The van der Waals surface area contributed by atoms with Gasteiger partial charge in [0.05, 0.1) is 21.7 Å². The molecule has 216 valence electrons. The molecule has 1 aliphatic heterocycles. The molecule has 2 amide bonds. The smallest absolute Gasteiger partial charge is 0.296 e. The van der Waals surface area contributed by atoms with E-state index in [1.165, 1.54) is 42.5 Å². The zero-order valence-electron chi connectivity index (χ0n) is 21.9. The van der Waals surface area contributed by atoms with Crippen molar-refractivity contribution in [3.63, 3.8) is 0 Å². The van der Waals surface area contributed by atoms with Gasteiger partial charge in [0, 0.05) is 19.4 Å². The highest BCUT2D eigenvalue weighted by atomic mass is 32.2. The van der Waals surface area contributed by atoms with Crippen LogP contribution in [0, 0.1) is 0 Å². The van der Waals surface area contributed by atoms with Crippen LogP contribution in [-0.2, 0) is 33.1 Å². The fraction of sp³-hybridized carbons (Fsp3) is 0.148. The van der Waals surface area contributed by atoms with Crippen LogP contribution >= 0.6 is 0 Å². The first kappa shape index (κ1) is 28.9. The quantitative estimate of drug-likeness (QED) is 0.186.